The molecule has 1 N–H and O–H groups in total. The summed E-state index contributed by atoms with van der Waals surface area (Å²) >= 11 is 0. The van der Waals surface area contributed by atoms with Crippen LogP contribution in [0.3, 0.4) is 0 Å². The number of hydrogen-bond acceptors (Lipinski definition) is 2. The third-order valence-corrected chi connectivity index (χ3v) is 4.05. The van der Waals surface area contributed by atoms with Gasteiger partial charge in [0.2, 0.25) is 0 Å². The molecule has 0 amide bonds. The molecule has 0 saturated carbocycles. The molecule has 0 spiro atoms. The van der Waals surface area contributed by atoms with Gasteiger partial charge in [0.1, 0.15) is 0 Å². The summed E-state index contributed by atoms with van der Waals surface area (Å²) in [6.45, 7) is 10.4. The summed E-state index contributed by atoms with van der Waals surface area (Å²) in [4.78, 5) is 9.22. The van der Waals surface area contributed by atoms with E-state index in [2.05, 4.69) is 41.0 Å². The van der Waals surface area contributed by atoms with Crippen molar-refractivity contribution in [1.82, 2.24) is 15.1 Å². The predicted molar refractivity (Wildman–Crippen MR) is 88.4 cm³/mol. The van der Waals surface area contributed by atoms with Crippen molar-refractivity contribution < 1.29 is 0 Å². The van der Waals surface area contributed by atoms with Gasteiger partial charge in [0, 0.05) is 33.7 Å². The van der Waals surface area contributed by atoms with E-state index in [1.54, 1.807) is 0 Å². The molecule has 0 radical (unpaired) electrons. The highest BCUT2D eigenvalue weighted by Crippen LogP contribution is 2.10. The highest BCUT2D eigenvalue weighted by molar-refractivity contribution is 5.79. The van der Waals surface area contributed by atoms with E-state index in [0.29, 0.717) is 5.92 Å². The third-order valence-electron chi connectivity index (χ3n) is 4.05. The lowest BCUT2D eigenvalue weighted by Crippen LogP contribution is -2.43. The molecule has 0 aromatic heterocycles. The molecule has 1 atom stereocenters. The Morgan fingerprint density at radius 3 is 2.60 bits per heavy atom. The molecule has 0 bridgehead atoms. The number of nitrogens with one attached hydrogen (secondary N) is 1. The van der Waals surface area contributed by atoms with Crippen LogP contribution in [0.5, 0.6) is 0 Å². The SMILES string of the molecule is CCCCN(C)C(=NC)NCC(C)CN1CCCCC1. The van der Waals surface area contributed by atoms with Gasteiger partial charge in [-0.2, -0.15) is 0 Å². The number of likely N-dealkylation sites (tertiary alicyclic amines) is 1. The van der Waals surface area contributed by atoms with Crippen LogP contribution in [-0.2, 0) is 0 Å². The molecule has 118 valence electrons. The summed E-state index contributed by atoms with van der Waals surface area (Å²) < 4.78 is 0. The molecule has 4 nitrogen and oxygen atoms in total. The number of aliphatic imine (C=N–C) groups is 1. The maximum atomic E-state index is 4.38. The van der Waals surface area contributed by atoms with Crippen molar-refractivity contribution in [2.75, 3.05) is 46.8 Å². The van der Waals surface area contributed by atoms with E-state index in [0.717, 1.165) is 19.0 Å². The fourth-order valence-electron chi connectivity index (χ4n) is 2.80. The van der Waals surface area contributed by atoms with Crippen LogP contribution >= 0.6 is 0 Å². The second-order valence-electron chi connectivity index (χ2n) is 6.17. The molecule has 1 saturated heterocycles. The molecule has 1 heterocycles. The molecule has 1 aliphatic heterocycles. The minimum Gasteiger partial charge on any atom is -0.356 e. The van der Waals surface area contributed by atoms with Gasteiger partial charge in [-0.05, 0) is 38.3 Å². The van der Waals surface area contributed by atoms with Crippen LogP contribution in [0.15, 0.2) is 4.99 Å². The van der Waals surface area contributed by atoms with Gasteiger partial charge < -0.3 is 15.1 Å². The molecular weight excluding hydrogens is 248 g/mol. The minimum atomic E-state index is 0.671. The van der Waals surface area contributed by atoms with Crippen LogP contribution in [0.4, 0.5) is 0 Å². The third kappa shape index (κ3) is 6.60. The average molecular weight is 282 g/mol. The molecule has 0 aromatic carbocycles. The zero-order valence-corrected chi connectivity index (χ0v) is 14.0. The van der Waals surface area contributed by atoms with Crippen LogP contribution in [0.2, 0.25) is 0 Å². The van der Waals surface area contributed by atoms with Crippen molar-refractivity contribution in [2.45, 2.75) is 46.0 Å². The maximum Gasteiger partial charge on any atom is 0.193 e. The standard InChI is InChI=1S/C16H34N4/c1-5-6-10-19(4)16(17-3)18-13-15(2)14-20-11-8-7-9-12-20/h15H,5-14H2,1-4H3,(H,17,18). The van der Waals surface area contributed by atoms with Crippen LogP contribution in [-0.4, -0.2) is 62.6 Å². The Labute approximate surface area is 125 Å². The van der Waals surface area contributed by atoms with E-state index in [4.69, 9.17) is 0 Å². The van der Waals surface area contributed by atoms with Crippen LogP contribution in [0.25, 0.3) is 0 Å². The van der Waals surface area contributed by atoms with E-state index in [9.17, 15) is 0 Å². The van der Waals surface area contributed by atoms with Crippen molar-refractivity contribution >= 4 is 5.96 Å². The van der Waals surface area contributed by atoms with Gasteiger partial charge >= 0.3 is 0 Å². The number of guanidine groups is 1. The summed E-state index contributed by atoms with van der Waals surface area (Å²) in [7, 11) is 4.00. The zero-order chi connectivity index (χ0) is 14.8. The topological polar surface area (TPSA) is 30.9 Å². The van der Waals surface area contributed by atoms with E-state index in [1.807, 2.05) is 7.05 Å². The molecular formula is C16H34N4. The van der Waals surface area contributed by atoms with Gasteiger partial charge in [-0.3, -0.25) is 4.99 Å². The van der Waals surface area contributed by atoms with E-state index in [1.165, 1.54) is 51.7 Å². The van der Waals surface area contributed by atoms with Crippen LogP contribution in [0, 0.1) is 5.92 Å². The lowest BCUT2D eigenvalue weighted by Gasteiger charge is -2.30. The zero-order valence-electron chi connectivity index (χ0n) is 14.0. The van der Waals surface area contributed by atoms with Crippen molar-refractivity contribution in [3.05, 3.63) is 0 Å². The number of unbranched alkanes of at least 4 members (excludes halogenated alkanes) is 1. The second-order valence-corrected chi connectivity index (χ2v) is 6.17. The molecule has 0 aromatic rings. The lowest BCUT2D eigenvalue weighted by molar-refractivity contribution is 0.200. The fraction of sp³-hybridized carbons (Fsp3) is 0.938. The maximum absolute atomic E-state index is 4.38. The molecule has 1 fully saturated rings. The molecule has 20 heavy (non-hydrogen) atoms. The largest absolute Gasteiger partial charge is 0.356 e. The van der Waals surface area contributed by atoms with Crippen molar-refractivity contribution in [3.8, 4) is 0 Å². The smallest absolute Gasteiger partial charge is 0.193 e. The number of nitrogens with zero attached hydrogens (tertiary/aromatic N) is 3. The highest BCUT2D eigenvalue weighted by Gasteiger charge is 2.14. The van der Waals surface area contributed by atoms with Crippen LogP contribution in [0.1, 0.15) is 46.0 Å². The molecule has 1 rings (SSSR count). The normalized spacial score (nSPS) is 18.9. The molecule has 4 heteroatoms. The molecule has 1 aliphatic rings. The number of rotatable bonds is 7. The Hall–Kier alpha value is -0.770. The minimum absolute atomic E-state index is 0.671. The summed E-state index contributed by atoms with van der Waals surface area (Å²) in [5.41, 5.74) is 0. The van der Waals surface area contributed by atoms with Gasteiger partial charge in [-0.15, -0.1) is 0 Å². The van der Waals surface area contributed by atoms with E-state index < -0.39 is 0 Å². The Kier molecular flexibility index (Phi) is 8.67. The van der Waals surface area contributed by atoms with Crippen LogP contribution < -0.4 is 5.32 Å². The summed E-state index contributed by atoms with van der Waals surface area (Å²) in [6, 6.07) is 0. The van der Waals surface area contributed by atoms with Crippen molar-refractivity contribution in [3.63, 3.8) is 0 Å². The highest BCUT2D eigenvalue weighted by atomic mass is 15.3. The first-order valence-corrected chi connectivity index (χ1v) is 8.31. The Morgan fingerprint density at radius 1 is 1.30 bits per heavy atom. The first-order chi connectivity index (χ1) is 9.67. The summed E-state index contributed by atoms with van der Waals surface area (Å²) in [5.74, 6) is 1.70. The Balaban J connectivity index is 2.24. The summed E-state index contributed by atoms with van der Waals surface area (Å²) in [5, 5.41) is 3.52. The van der Waals surface area contributed by atoms with Gasteiger partial charge in [0.15, 0.2) is 5.96 Å². The first-order valence-electron chi connectivity index (χ1n) is 8.31. The van der Waals surface area contributed by atoms with E-state index >= 15 is 0 Å². The van der Waals surface area contributed by atoms with Gasteiger partial charge in [0.05, 0.1) is 0 Å². The van der Waals surface area contributed by atoms with Crippen molar-refractivity contribution in [2.24, 2.45) is 10.9 Å². The van der Waals surface area contributed by atoms with E-state index in [-0.39, 0.29) is 0 Å². The Morgan fingerprint density at radius 2 is 2.00 bits per heavy atom. The molecule has 1 unspecified atom stereocenters. The predicted octanol–water partition coefficient (Wildman–Crippen LogP) is 2.42. The summed E-state index contributed by atoms with van der Waals surface area (Å²) in [6.07, 6.45) is 6.62. The lowest BCUT2D eigenvalue weighted by atomic mass is 10.1. The fourth-order valence-corrected chi connectivity index (χ4v) is 2.80. The monoisotopic (exact) mass is 282 g/mol. The van der Waals surface area contributed by atoms with Crippen molar-refractivity contribution in [1.29, 1.82) is 0 Å². The average Bonchev–Trinajstić information content (AvgIpc) is 2.46. The number of piperidine rings is 1. The van der Waals surface area contributed by atoms with Gasteiger partial charge in [-0.1, -0.05) is 26.7 Å². The first kappa shape index (κ1) is 17.3. The second kappa shape index (κ2) is 10.0. The van der Waals surface area contributed by atoms with Gasteiger partial charge in [0.25, 0.3) is 0 Å². The Bertz CT molecular complexity index is 272. The quantitative estimate of drug-likeness (QED) is 0.575. The molecule has 0 aliphatic carbocycles. The van der Waals surface area contributed by atoms with Gasteiger partial charge in [-0.25, -0.2) is 0 Å². The number of hydrogen-bond donors (Lipinski definition) is 1.